The van der Waals surface area contributed by atoms with Gasteiger partial charge in [0.15, 0.2) is 5.65 Å². The molecule has 1 saturated heterocycles. The van der Waals surface area contributed by atoms with Crippen LogP contribution in [-0.4, -0.2) is 71.4 Å². The van der Waals surface area contributed by atoms with Crippen LogP contribution in [0.15, 0.2) is 36.8 Å². The number of halogens is 1. The van der Waals surface area contributed by atoms with Crippen LogP contribution >= 0.6 is 11.6 Å². The Morgan fingerprint density at radius 2 is 2.02 bits per heavy atom. The van der Waals surface area contributed by atoms with E-state index < -0.39 is 17.8 Å². The second-order valence-corrected chi connectivity index (χ2v) is 12.1. The first-order valence-corrected chi connectivity index (χ1v) is 14.0. The molecule has 4 aromatic rings. The van der Waals surface area contributed by atoms with Crippen LogP contribution in [0.2, 0.25) is 5.02 Å². The van der Waals surface area contributed by atoms with E-state index in [2.05, 4.69) is 34.6 Å². The van der Waals surface area contributed by atoms with E-state index in [9.17, 15) is 9.90 Å². The number of aliphatic hydroxyl groups is 1. The summed E-state index contributed by atoms with van der Waals surface area (Å²) in [4.78, 5) is 23.5. The van der Waals surface area contributed by atoms with Gasteiger partial charge < -0.3 is 29.8 Å². The van der Waals surface area contributed by atoms with E-state index in [4.69, 9.17) is 21.3 Å². The summed E-state index contributed by atoms with van der Waals surface area (Å²) in [5.41, 5.74) is 2.92. The fourth-order valence-corrected chi connectivity index (χ4v) is 5.00. The highest BCUT2D eigenvalue weighted by molar-refractivity contribution is 6.30. The highest BCUT2D eigenvalue weighted by Crippen LogP contribution is 2.26. The number of carbonyl (C=O) groups is 1. The lowest BCUT2D eigenvalue weighted by molar-refractivity contribution is -0.0104. The summed E-state index contributed by atoms with van der Waals surface area (Å²) in [5, 5.41) is 22.9. The van der Waals surface area contributed by atoms with Crippen LogP contribution in [0.4, 0.5) is 16.4 Å². The molecule has 4 aromatic heterocycles. The number of likely N-dealkylation sites (tertiary alicyclic amines) is 1. The van der Waals surface area contributed by atoms with E-state index in [1.807, 2.05) is 62.0 Å². The molecule has 11 nitrogen and oxygen atoms in total. The Balaban J connectivity index is 1.30. The predicted octanol–water partition coefficient (Wildman–Crippen LogP) is 4.80. The monoisotopic (exact) mass is 568 g/mol. The number of rotatable bonds is 7. The van der Waals surface area contributed by atoms with E-state index in [-0.39, 0.29) is 18.4 Å². The summed E-state index contributed by atoms with van der Waals surface area (Å²) in [7, 11) is 0. The van der Waals surface area contributed by atoms with Gasteiger partial charge in [0.25, 0.3) is 0 Å². The Morgan fingerprint density at radius 3 is 2.75 bits per heavy atom. The largest absolute Gasteiger partial charge is 0.444 e. The number of hydrogen-bond donors (Lipinski definition) is 3. The zero-order valence-electron chi connectivity index (χ0n) is 23.6. The van der Waals surface area contributed by atoms with E-state index in [1.165, 1.54) is 0 Å². The number of aliphatic hydroxyl groups excluding tert-OH is 1. The van der Waals surface area contributed by atoms with E-state index in [0.29, 0.717) is 36.9 Å². The van der Waals surface area contributed by atoms with Crippen molar-refractivity contribution >= 4 is 40.6 Å². The molecule has 0 radical (unpaired) electrons. The number of amides is 1. The topological polar surface area (TPSA) is 121 Å². The smallest absolute Gasteiger partial charge is 0.410 e. The summed E-state index contributed by atoms with van der Waals surface area (Å²) in [6.45, 7) is 11.5. The normalized spacial score (nSPS) is 18.1. The second kappa shape index (κ2) is 11.1. The van der Waals surface area contributed by atoms with Crippen LogP contribution in [0.1, 0.15) is 58.2 Å². The van der Waals surface area contributed by atoms with Gasteiger partial charge in [0.2, 0.25) is 0 Å². The van der Waals surface area contributed by atoms with Crippen molar-refractivity contribution in [2.45, 2.75) is 65.2 Å². The zero-order chi connectivity index (χ0) is 28.6. The number of ether oxygens (including phenoxy) is 1. The molecule has 12 heteroatoms. The lowest BCUT2D eigenvalue weighted by Gasteiger charge is -2.36. The van der Waals surface area contributed by atoms with Gasteiger partial charge in [0, 0.05) is 43.0 Å². The minimum Gasteiger partial charge on any atom is -0.444 e. The maximum Gasteiger partial charge on any atom is 0.410 e. The molecule has 0 saturated carbocycles. The highest BCUT2D eigenvalue weighted by atomic mass is 35.5. The summed E-state index contributed by atoms with van der Waals surface area (Å²) >= 11 is 6.12. The molecule has 0 spiro atoms. The molecule has 1 aliphatic rings. The summed E-state index contributed by atoms with van der Waals surface area (Å²) in [6.07, 6.45) is 5.22. The van der Waals surface area contributed by atoms with Crippen molar-refractivity contribution in [1.82, 2.24) is 28.9 Å². The quantitative estimate of drug-likeness (QED) is 0.291. The van der Waals surface area contributed by atoms with Crippen molar-refractivity contribution in [3.8, 4) is 0 Å². The fraction of sp³-hybridized carbons (Fsp3) is 0.500. The molecule has 0 bridgehead atoms. The number of hydrogen-bond acceptors (Lipinski definition) is 8. The molecule has 0 unspecified atom stereocenters. The Hall–Kier alpha value is -3.57. The number of β-amino-alcohol motifs (C(OH)–C–C–N with tert-alkyl or cyclic N) is 1. The first-order valence-electron chi connectivity index (χ1n) is 13.6. The molecule has 214 valence electrons. The fourth-order valence-electron chi connectivity index (χ4n) is 4.83. The standard InChI is InChI=1S/C28H37ClN8O3/c1-17(2)21-13-32-37-25(31-12-20-15-36-14-19(29)6-7-24(36)33-20)10-23(34-26(21)37)30-11-18-8-9-35(16-22(18)38)27(39)40-28(3,4)5/h6-7,10,13-15,17-18,22,31,38H,8-9,11-12,16H2,1-5H3,(H,30,34)/t18-,22+/m1/s1. The minimum atomic E-state index is -0.667. The molecule has 1 aliphatic heterocycles. The number of nitrogens with one attached hydrogen (secondary N) is 2. The van der Waals surface area contributed by atoms with Crippen molar-refractivity contribution in [3.05, 3.63) is 53.1 Å². The average Bonchev–Trinajstić information content (AvgIpc) is 3.49. The van der Waals surface area contributed by atoms with Crippen molar-refractivity contribution in [3.63, 3.8) is 0 Å². The van der Waals surface area contributed by atoms with Gasteiger partial charge in [-0.15, -0.1) is 0 Å². The molecule has 5 rings (SSSR count). The number of anilines is 2. The number of aromatic nitrogens is 5. The molecule has 5 heterocycles. The third kappa shape index (κ3) is 6.26. The van der Waals surface area contributed by atoms with Crippen molar-refractivity contribution in [2.24, 2.45) is 5.92 Å². The average molecular weight is 569 g/mol. The van der Waals surface area contributed by atoms with Gasteiger partial charge in [-0.25, -0.2) is 14.8 Å². The summed E-state index contributed by atoms with van der Waals surface area (Å²) < 4.78 is 9.18. The third-order valence-corrected chi connectivity index (χ3v) is 7.18. The van der Waals surface area contributed by atoms with Gasteiger partial charge in [0.05, 0.1) is 36.1 Å². The summed E-state index contributed by atoms with van der Waals surface area (Å²) in [6, 6.07) is 5.62. The van der Waals surface area contributed by atoms with Crippen molar-refractivity contribution < 1.29 is 14.6 Å². The van der Waals surface area contributed by atoms with Gasteiger partial charge in [0.1, 0.15) is 22.9 Å². The molecule has 0 aliphatic carbocycles. The van der Waals surface area contributed by atoms with Crippen LogP contribution in [0.3, 0.4) is 0 Å². The Labute approximate surface area is 238 Å². The lowest BCUT2D eigenvalue weighted by atomic mass is 9.94. The van der Waals surface area contributed by atoms with Crippen LogP contribution in [0.25, 0.3) is 11.3 Å². The number of fused-ring (bicyclic) bond motifs is 2. The first-order chi connectivity index (χ1) is 19.0. The van der Waals surface area contributed by atoms with Crippen LogP contribution in [0.5, 0.6) is 0 Å². The van der Waals surface area contributed by atoms with Crippen molar-refractivity contribution in [1.29, 1.82) is 0 Å². The molecule has 0 aromatic carbocycles. The molecular formula is C28H37ClN8O3. The number of nitrogens with zero attached hydrogens (tertiary/aromatic N) is 6. The van der Waals surface area contributed by atoms with E-state index >= 15 is 0 Å². The van der Waals surface area contributed by atoms with Crippen LogP contribution in [-0.2, 0) is 11.3 Å². The van der Waals surface area contributed by atoms with E-state index in [1.54, 1.807) is 9.42 Å². The van der Waals surface area contributed by atoms with Gasteiger partial charge in [-0.2, -0.15) is 9.61 Å². The third-order valence-electron chi connectivity index (χ3n) is 6.96. The molecule has 1 fully saturated rings. The van der Waals surface area contributed by atoms with Crippen molar-refractivity contribution in [2.75, 3.05) is 30.3 Å². The first kappa shape index (κ1) is 28.0. The van der Waals surface area contributed by atoms with Gasteiger partial charge in [-0.05, 0) is 45.2 Å². The van der Waals surface area contributed by atoms with Gasteiger partial charge in [-0.1, -0.05) is 25.4 Å². The molecular weight excluding hydrogens is 532 g/mol. The number of pyridine rings is 1. The van der Waals surface area contributed by atoms with Crippen LogP contribution < -0.4 is 10.6 Å². The zero-order valence-corrected chi connectivity index (χ0v) is 24.3. The SMILES string of the molecule is CC(C)c1cnn2c(NCc3cn4cc(Cl)ccc4n3)cc(NC[C@H]3CCN(C(=O)OC(C)(C)C)C[C@@H]3O)nc12. The second-order valence-electron chi connectivity index (χ2n) is 11.6. The maximum atomic E-state index is 12.4. The number of imidazole rings is 1. The minimum absolute atomic E-state index is 0.0348. The maximum absolute atomic E-state index is 12.4. The molecule has 3 N–H and O–H groups in total. The molecule has 1 amide bonds. The number of carbonyl (C=O) groups excluding carboxylic acids is 1. The Morgan fingerprint density at radius 1 is 1.23 bits per heavy atom. The number of piperidine rings is 1. The van der Waals surface area contributed by atoms with Gasteiger partial charge in [-0.3, -0.25) is 0 Å². The molecule has 2 atom stereocenters. The van der Waals surface area contributed by atoms with Crippen LogP contribution in [0, 0.1) is 5.92 Å². The Bertz CT molecular complexity index is 1510. The Kier molecular flexibility index (Phi) is 7.78. The van der Waals surface area contributed by atoms with Gasteiger partial charge >= 0.3 is 6.09 Å². The van der Waals surface area contributed by atoms with E-state index in [0.717, 1.165) is 28.4 Å². The predicted molar refractivity (Wildman–Crippen MR) is 155 cm³/mol. The lowest BCUT2D eigenvalue weighted by Crippen LogP contribution is -2.49. The summed E-state index contributed by atoms with van der Waals surface area (Å²) in [5.74, 6) is 1.67. The highest BCUT2D eigenvalue weighted by Gasteiger charge is 2.32. The molecule has 40 heavy (non-hydrogen) atoms.